The summed E-state index contributed by atoms with van der Waals surface area (Å²) in [6.45, 7) is 3.09. The number of carboxylic acids is 1. The highest BCUT2D eigenvalue weighted by molar-refractivity contribution is 5.83. The maximum absolute atomic E-state index is 12.0. The number of morpholine rings is 1. The molecule has 0 radical (unpaired) electrons. The number of carbonyl (C=O) groups is 3. The molecule has 0 bridgehead atoms. The third-order valence-corrected chi connectivity index (χ3v) is 2.99. The monoisotopic (exact) mass is 288 g/mol. The third kappa shape index (κ3) is 5.04. The molecule has 20 heavy (non-hydrogen) atoms. The van der Waals surface area contributed by atoms with Crippen molar-refractivity contribution in [3.63, 3.8) is 0 Å². The molecule has 8 heteroatoms. The summed E-state index contributed by atoms with van der Waals surface area (Å²) in [5.74, 6) is -1.69. The second-order valence-corrected chi connectivity index (χ2v) is 4.58. The molecular weight excluding hydrogens is 268 g/mol. The molecule has 0 aliphatic carbocycles. The summed E-state index contributed by atoms with van der Waals surface area (Å²) in [4.78, 5) is 35.5. The molecule has 2 N–H and O–H groups in total. The number of rotatable bonds is 5. The average molecular weight is 288 g/mol. The molecule has 0 spiro atoms. The molecule has 1 rings (SSSR count). The largest absolute Gasteiger partial charge is 0.480 e. The molecule has 0 aromatic heterocycles. The zero-order chi connectivity index (χ0) is 15.1. The smallest absolute Gasteiger partial charge is 0.326 e. The Balaban J connectivity index is 2.49. The predicted octanol–water partition coefficient (Wildman–Crippen LogP) is -0.177. The van der Waals surface area contributed by atoms with E-state index < -0.39 is 24.0 Å². The Kier molecular flexibility index (Phi) is 6.23. The fourth-order valence-electron chi connectivity index (χ4n) is 1.86. The van der Waals surface area contributed by atoms with Crippen molar-refractivity contribution in [1.29, 1.82) is 0 Å². The van der Waals surface area contributed by atoms with Crippen LogP contribution in [-0.2, 0) is 19.1 Å². The number of carbonyl (C=O) groups excluding carboxylic acids is 2. The second kappa shape index (κ2) is 7.68. The average Bonchev–Trinajstić information content (AvgIpc) is 2.42. The highest BCUT2D eigenvalue weighted by Gasteiger charge is 2.26. The standard InChI is InChI=1S/C12H20N2O6/c1-8-7-14(5-6-20-8)12(18)13-9(11(16)17)3-4-10(15)19-2/h8-9H,3-7H2,1-2H3,(H,13,18)(H,16,17)/t8?,9-/m1/s1. The van der Waals surface area contributed by atoms with Crippen LogP contribution in [0.4, 0.5) is 4.79 Å². The van der Waals surface area contributed by atoms with E-state index in [0.717, 1.165) is 0 Å². The molecule has 1 aliphatic heterocycles. The van der Waals surface area contributed by atoms with Gasteiger partial charge in [-0.05, 0) is 13.3 Å². The molecule has 2 atom stereocenters. The number of nitrogens with one attached hydrogen (secondary N) is 1. The minimum absolute atomic E-state index is 0.00631. The molecule has 1 aliphatic rings. The Bertz CT molecular complexity index is 373. The number of methoxy groups -OCH3 is 1. The van der Waals surface area contributed by atoms with Crippen LogP contribution in [0.1, 0.15) is 19.8 Å². The number of hydrogen-bond acceptors (Lipinski definition) is 5. The van der Waals surface area contributed by atoms with Gasteiger partial charge in [-0.3, -0.25) is 4.79 Å². The van der Waals surface area contributed by atoms with Crippen molar-refractivity contribution in [2.24, 2.45) is 0 Å². The van der Waals surface area contributed by atoms with E-state index in [1.165, 1.54) is 12.0 Å². The highest BCUT2D eigenvalue weighted by atomic mass is 16.5. The van der Waals surface area contributed by atoms with Gasteiger partial charge in [0.1, 0.15) is 6.04 Å². The lowest BCUT2D eigenvalue weighted by molar-refractivity contribution is -0.142. The van der Waals surface area contributed by atoms with Gasteiger partial charge < -0.3 is 24.8 Å². The fourth-order valence-corrected chi connectivity index (χ4v) is 1.86. The number of hydrogen-bond donors (Lipinski definition) is 2. The molecule has 2 amide bonds. The molecule has 0 aromatic carbocycles. The van der Waals surface area contributed by atoms with E-state index in [4.69, 9.17) is 9.84 Å². The normalized spacial score (nSPS) is 20.1. The van der Waals surface area contributed by atoms with Crippen LogP contribution in [0.25, 0.3) is 0 Å². The van der Waals surface area contributed by atoms with Crippen molar-refractivity contribution in [3.05, 3.63) is 0 Å². The van der Waals surface area contributed by atoms with Crippen LogP contribution < -0.4 is 5.32 Å². The van der Waals surface area contributed by atoms with Gasteiger partial charge >= 0.3 is 18.0 Å². The summed E-state index contributed by atoms with van der Waals surface area (Å²) in [7, 11) is 1.23. The molecule has 8 nitrogen and oxygen atoms in total. The van der Waals surface area contributed by atoms with Crippen molar-refractivity contribution in [2.75, 3.05) is 26.8 Å². The maximum atomic E-state index is 12.0. The Morgan fingerprint density at radius 1 is 1.50 bits per heavy atom. The van der Waals surface area contributed by atoms with Crippen LogP contribution in [0, 0.1) is 0 Å². The molecule has 1 saturated heterocycles. The van der Waals surface area contributed by atoms with Gasteiger partial charge in [0, 0.05) is 19.5 Å². The van der Waals surface area contributed by atoms with Gasteiger partial charge in [0.2, 0.25) is 0 Å². The van der Waals surface area contributed by atoms with E-state index in [1.54, 1.807) is 0 Å². The molecule has 0 saturated carbocycles. The fraction of sp³-hybridized carbons (Fsp3) is 0.750. The summed E-state index contributed by atoms with van der Waals surface area (Å²) >= 11 is 0. The minimum atomic E-state index is -1.18. The Labute approximate surface area is 117 Å². The lowest BCUT2D eigenvalue weighted by Gasteiger charge is -2.32. The topological polar surface area (TPSA) is 105 Å². The number of aliphatic carboxylic acids is 1. The van der Waals surface area contributed by atoms with E-state index >= 15 is 0 Å². The van der Waals surface area contributed by atoms with E-state index in [9.17, 15) is 14.4 Å². The molecule has 114 valence electrons. The Morgan fingerprint density at radius 3 is 2.75 bits per heavy atom. The first-order valence-corrected chi connectivity index (χ1v) is 6.40. The number of ether oxygens (including phenoxy) is 2. The van der Waals surface area contributed by atoms with Crippen LogP contribution in [0.2, 0.25) is 0 Å². The van der Waals surface area contributed by atoms with Crippen molar-refractivity contribution in [1.82, 2.24) is 10.2 Å². The SMILES string of the molecule is COC(=O)CC[C@@H](NC(=O)N1CCOC(C)C1)C(=O)O. The summed E-state index contributed by atoms with van der Waals surface area (Å²) in [6.07, 6.45) is -0.145. The lowest BCUT2D eigenvalue weighted by Crippen LogP contribution is -2.52. The molecule has 1 heterocycles. The number of carboxylic acid groups (broad SMARTS) is 1. The summed E-state index contributed by atoms with van der Waals surface area (Å²) in [6, 6.07) is -1.57. The lowest BCUT2D eigenvalue weighted by atomic mass is 10.1. The first-order chi connectivity index (χ1) is 9.43. The number of urea groups is 1. The van der Waals surface area contributed by atoms with Crippen LogP contribution >= 0.6 is 0 Å². The summed E-state index contributed by atoms with van der Waals surface area (Å²) in [5.41, 5.74) is 0. The minimum Gasteiger partial charge on any atom is -0.480 e. The maximum Gasteiger partial charge on any atom is 0.326 e. The molecular formula is C12H20N2O6. The first-order valence-electron chi connectivity index (χ1n) is 6.40. The number of amides is 2. The highest BCUT2D eigenvalue weighted by Crippen LogP contribution is 2.06. The predicted molar refractivity (Wildman–Crippen MR) is 68.2 cm³/mol. The quantitative estimate of drug-likeness (QED) is 0.680. The van der Waals surface area contributed by atoms with Gasteiger partial charge in [-0.25, -0.2) is 9.59 Å². The van der Waals surface area contributed by atoms with Gasteiger partial charge in [0.05, 0.1) is 19.8 Å². The Morgan fingerprint density at radius 2 is 2.20 bits per heavy atom. The Hall–Kier alpha value is -1.83. The van der Waals surface area contributed by atoms with Crippen molar-refractivity contribution in [3.8, 4) is 0 Å². The summed E-state index contributed by atoms with van der Waals surface area (Å²) < 4.78 is 9.75. The van der Waals surface area contributed by atoms with Gasteiger partial charge in [-0.15, -0.1) is 0 Å². The van der Waals surface area contributed by atoms with Gasteiger partial charge in [0.15, 0.2) is 0 Å². The van der Waals surface area contributed by atoms with Gasteiger partial charge in [-0.2, -0.15) is 0 Å². The van der Waals surface area contributed by atoms with Crippen LogP contribution in [0.15, 0.2) is 0 Å². The zero-order valence-corrected chi connectivity index (χ0v) is 11.6. The second-order valence-electron chi connectivity index (χ2n) is 4.58. The number of esters is 1. The van der Waals surface area contributed by atoms with Crippen molar-refractivity contribution >= 4 is 18.0 Å². The van der Waals surface area contributed by atoms with Crippen molar-refractivity contribution in [2.45, 2.75) is 31.9 Å². The van der Waals surface area contributed by atoms with Crippen LogP contribution in [-0.4, -0.2) is 66.9 Å². The van der Waals surface area contributed by atoms with E-state index in [2.05, 4.69) is 10.1 Å². The zero-order valence-electron chi connectivity index (χ0n) is 11.6. The van der Waals surface area contributed by atoms with E-state index in [-0.39, 0.29) is 18.9 Å². The van der Waals surface area contributed by atoms with E-state index in [1.807, 2.05) is 6.92 Å². The molecule has 1 unspecified atom stereocenters. The number of nitrogens with zero attached hydrogens (tertiary/aromatic N) is 1. The van der Waals surface area contributed by atoms with E-state index in [0.29, 0.717) is 19.7 Å². The van der Waals surface area contributed by atoms with Gasteiger partial charge in [-0.1, -0.05) is 0 Å². The third-order valence-electron chi connectivity index (χ3n) is 2.99. The summed E-state index contributed by atoms with van der Waals surface area (Å²) in [5, 5.41) is 11.5. The van der Waals surface area contributed by atoms with Crippen molar-refractivity contribution < 1.29 is 29.0 Å². The molecule has 0 aromatic rings. The molecule has 1 fully saturated rings. The first kappa shape index (κ1) is 16.2. The van der Waals surface area contributed by atoms with Gasteiger partial charge in [0.25, 0.3) is 0 Å². The van der Waals surface area contributed by atoms with Crippen LogP contribution in [0.3, 0.4) is 0 Å². The van der Waals surface area contributed by atoms with Crippen LogP contribution in [0.5, 0.6) is 0 Å².